The summed E-state index contributed by atoms with van der Waals surface area (Å²) >= 11 is 0. The Hall–Kier alpha value is -2.43. The van der Waals surface area contributed by atoms with Gasteiger partial charge < -0.3 is 0 Å². The van der Waals surface area contributed by atoms with E-state index in [1.165, 1.54) is 0 Å². The first kappa shape index (κ1) is 10.7. The average Bonchev–Trinajstić information content (AvgIpc) is 2.74. The number of aromatic amines is 1. The van der Waals surface area contributed by atoms with Crippen LogP contribution < -0.4 is 5.56 Å². The molecule has 90 valence electrons. The van der Waals surface area contributed by atoms with Gasteiger partial charge in [-0.05, 0) is 6.92 Å². The van der Waals surface area contributed by atoms with Crippen molar-refractivity contribution in [1.82, 2.24) is 20.0 Å². The van der Waals surface area contributed by atoms with Gasteiger partial charge in [0.15, 0.2) is 0 Å². The van der Waals surface area contributed by atoms with E-state index in [1.807, 2.05) is 44.3 Å². The molecule has 0 fully saturated rings. The Morgan fingerprint density at radius 3 is 2.67 bits per heavy atom. The SMILES string of the molecule is Cc1n[nH]c(=O)c2c(-c3ccccc3)nn(C)c12. The summed E-state index contributed by atoms with van der Waals surface area (Å²) in [5.41, 5.74) is 2.96. The Morgan fingerprint density at radius 1 is 1.22 bits per heavy atom. The quantitative estimate of drug-likeness (QED) is 0.703. The zero-order valence-electron chi connectivity index (χ0n) is 10.1. The van der Waals surface area contributed by atoms with E-state index in [0.29, 0.717) is 11.1 Å². The van der Waals surface area contributed by atoms with Crippen LogP contribution in [0.1, 0.15) is 5.69 Å². The van der Waals surface area contributed by atoms with E-state index in [4.69, 9.17) is 0 Å². The summed E-state index contributed by atoms with van der Waals surface area (Å²) in [7, 11) is 1.82. The monoisotopic (exact) mass is 240 g/mol. The second-order valence-electron chi connectivity index (χ2n) is 4.20. The summed E-state index contributed by atoms with van der Waals surface area (Å²) in [6, 6.07) is 9.68. The number of hydrogen-bond donors (Lipinski definition) is 1. The van der Waals surface area contributed by atoms with Gasteiger partial charge in [0.1, 0.15) is 5.69 Å². The first-order valence-corrected chi connectivity index (χ1v) is 5.66. The van der Waals surface area contributed by atoms with Crippen LogP contribution in [0.2, 0.25) is 0 Å². The molecule has 5 nitrogen and oxygen atoms in total. The molecule has 0 aliphatic carbocycles. The average molecular weight is 240 g/mol. The minimum absolute atomic E-state index is 0.206. The van der Waals surface area contributed by atoms with Gasteiger partial charge in [-0.1, -0.05) is 30.3 Å². The minimum Gasteiger partial charge on any atom is -0.267 e. The smallest absolute Gasteiger partial charge is 0.267 e. The van der Waals surface area contributed by atoms with E-state index < -0.39 is 0 Å². The van der Waals surface area contributed by atoms with Crippen molar-refractivity contribution in [2.75, 3.05) is 0 Å². The lowest BCUT2D eigenvalue weighted by molar-refractivity contribution is 0.792. The Bertz CT molecular complexity index is 771. The summed E-state index contributed by atoms with van der Waals surface area (Å²) < 4.78 is 1.70. The van der Waals surface area contributed by atoms with Crippen LogP contribution in [0.4, 0.5) is 0 Å². The molecule has 0 spiro atoms. The third-order valence-electron chi connectivity index (χ3n) is 2.99. The number of aryl methyl sites for hydroxylation is 2. The summed E-state index contributed by atoms with van der Waals surface area (Å²) in [6.45, 7) is 1.86. The first-order chi connectivity index (χ1) is 8.68. The van der Waals surface area contributed by atoms with Gasteiger partial charge in [-0.25, -0.2) is 5.10 Å². The van der Waals surface area contributed by atoms with Crippen molar-refractivity contribution in [1.29, 1.82) is 0 Å². The summed E-state index contributed by atoms with van der Waals surface area (Å²) in [5, 5.41) is 11.5. The maximum Gasteiger partial charge on any atom is 0.275 e. The number of H-pyrrole nitrogens is 1. The van der Waals surface area contributed by atoms with Gasteiger partial charge in [-0.15, -0.1) is 0 Å². The fourth-order valence-electron chi connectivity index (χ4n) is 2.20. The Labute approximate surface area is 103 Å². The number of benzene rings is 1. The van der Waals surface area contributed by atoms with Crippen LogP contribution in [0, 0.1) is 6.92 Å². The summed E-state index contributed by atoms with van der Waals surface area (Å²) in [6.07, 6.45) is 0. The highest BCUT2D eigenvalue weighted by Gasteiger charge is 2.16. The molecule has 0 aliphatic heterocycles. The largest absolute Gasteiger partial charge is 0.275 e. The first-order valence-electron chi connectivity index (χ1n) is 5.66. The third-order valence-corrected chi connectivity index (χ3v) is 2.99. The third kappa shape index (κ3) is 1.44. The van der Waals surface area contributed by atoms with Gasteiger partial charge >= 0.3 is 0 Å². The van der Waals surface area contributed by atoms with Crippen molar-refractivity contribution in [3.8, 4) is 11.3 Å². The molecule has 0 unspecified atom stereocenters. The van der Waals surface area contributed by atoms with Gasteiger partial charge in [0, 0.05) is 12.6 Å². The Balaban J connectivity index is 2.46. The lowest BCUT2D eigenvalue weighted by Crippen LogP contribution is -2.10. The molecule has 1 N–H and O–H groups in total. The summed E-state index contributed by atoms with van der Waals surface area (Å²) in [4.78, 5) is 12.0. The van der Waals surface area contributed by atoms with E-state index in [1.54, 1.807) is 4.68 Å². The molecule has 18 heavy (non-hydrogen) atoms. The van der Waals surface area contributed by atoms with E-state index >= 15 is 0 Å². The molecular weight excluding hydrogens is 228 g/mol. The van der Waals surface area contributed by atoms with Crippen LogP contribution >= 0.6 is 0 Å². The minimum atomic E-state index is -0.206. The highest BCUT2D eigenvalue weighted by molar-refractivity contribution is 5.93. The fourth-order valence-corrected chi connectivity index (χ4v) is 2.20. The van der Waals surface area contributed by atoms with Gasteiger partial charge in [0.05, 0.1) is 16.6 Å². The molecule has 0 atom stereocenters. The zero-order valence-corrected chi connectivity index (χ0v) is 10.1. The van der Waals surface area contributed by atoms with Crippen LogP contribution in [-0.2, 0) is 7.05 Å². The molecule has 0 saturated heterocycles. The van der Waals surface area contributed by atoms with Crippen LogP contribution in [0.5, 0.6) is 0 Å². The molecule has 0 saturated carbocycles. The van der Waals surface area contributed by atoms with Crippen LogP contribution in [0.25, 0.3) is 22.2 Å². The van der Waals surface area contributed by atoms with Crippen LogP contribution in [-0.4, -0.2) is 20.0 Å². The van der Waals surface area contributed by atoms with Crippen molar-refractivity contribution in [3.05, 3.63) is 46.4 Å². The molecule has 2 aromatic heterocycles. The molecule has 0 aliphatic rings. The topological polar surface area (TPSA) is 63.6 Å². The lowest BCUT2D eigenvalue weighted by atomic mass is 10.1. The molecule has 0 amide bonds. The molecule has 2 heterocycles. The van der Waals surface area contributed by atoms with Gasteiger partial charge in [-0.2, -0.15) is 10.2 Å². The van der Waals surface area contributed by atoms with Crippen molar-refractivity contribution in [2.45, 2.75) is 6.92 Å². The summed E-state index contributed by atoms with van der Waals surface area (Å²) in [5.74, 6) is 0. The van der Waals surface area contributed by atoms with Gasteiger partial charge in [-0.3, -0.25) is 9.48 Å². The number of fused-ring (bicyclic) bond motifs is 1. The van der Waals surface area contributed by atoms with Crippen molar-refractivity contribution >= 4 is 10.9 Å². The highest BCUT2D eigenvalue weighted by Crippen LogP contribution is 2.25. The molecular formula is C13H12N4O. The van der Waals surface area contributed by atoms with Crippen molar-refractivity contribution < 1.29 is 0 Å². The second kappa shape index (κ2) is 3.80. The number of rotatable bonds is 1. The Kier molecular flexibility index (Phi) is 2.26. The van der Waals surface area contributed by atoms with Crippen molar-refractivity contribution in [3.63, 3.8) is 0 Å². The van der Waals surface area contributed by atoms with E-state index in [0.717, 1.165) is 16.8 Å². The fraction of sp³-hybridized carbons (Fsp3) is 0.154. The van der Waals surface area contributed by atoms with Gasteiger partial charge in [0.25, 0.3) is 5.56 Å². The predicted octanol–water partition coefficient (Wildman–Crippen LogP) is 1.63. The molecule has 5 heteroatoms. The maximum absolute atomic E-state index is 12.0. The lowest BCUT2D eigenvalue weighted by Gasteiger charge is -1.97. The number of aromatic nitrogens is 4. The molecule has 0 bridgehead atoms. The normalized spacial score (nSPS) is 11.0. The van der Waals surface area contributed by atoms with Gasteiger partial charge in [0.2, 0.25) is 0 Å². The molecule has 3 rings (SSSR count). The standard InChI is InChI=1S/C13H12N4O/c1-8-12-10(13(18)15-14-8)11(16-17(12)2)9-6-4-3-5-7-9/h3-7H,1-2H3,(H,15,18). The van der Waals surface area contributed by atoms with E-state index in [2.05, 4.69) is 15.3 Å². The molecule has 3 aromatic rings. The predicted molar refractivity (Wildman–Crippen MR) is 69.3 cm³/mol. The van der Waals surface area contributed by atoms with E-state index in [-0.39, 0.29) is 5.56 Å². The number of nitrogens with zero attached hydrogens (tertiary/aromatic N) is 3. The van der Waals surface area contributed by atoms with Crippen molar-refractivity contribution in [2.24, 2.45) is 7.05 Å². The highest BCUT2D eigenvalue weighted by atomic mass is 16.1. The van der Waals surface area contributed by atoms with E-state index in [9.17, 15) is 4.79 Å². The molecule has 0 radical (unpaired) electrons. The van der Waals surface area contributed by atoms with Crippen LogP contribution in [0.3, 0.4) is 0 Å². The number of nitrogens with one attached hydrogen (secondary N) is 1. The zero-order chi connectivity index (χ0) is 12.7. The molecule has 1 aromatic carbocycles. The second-order valence-corrected chi connectivity index (χ2v) is 4.20. The Morgan fingerprint density at radius 2 is 1.94 bits per heavy atom. The van der Waals surface area contributed by atoms with Crippen LogP contribution in [0.15, 0.2) is 35.1 Å². The maximum atomic E-state index is 12.0. The number of hydrogen-bond acceptors (Lipinski definition) is 3.